The van der Waals surface area contributed by atoms with Crippen LogP contribution in [0.25, 0.3) is 0 Å². The number of carbonyl (C=O) groups is 2. The number of sulfonamides is 1. The molecule has 0 bridgehead atoms. The van der Waals surface area contributed by atoms with Gasteiger partial charge in [-0.15, -0.1) is 11.8 Å². The van der Waals surface area contributed by atoms with Crippen molar-refractivity contribution < 1.29 is 22.7 Å². The number of aryl methyl sites for hydroxylation is 1. The van der Waals surface area contributed by atoms with Crippen LogP contribution < -0.4 is 14.4 Å². The van der Waals surface area contributed by atoms with Crippen LogP contribution in [0.3, 0.4) is 0 Å². The second-order valence-corrected chi connectivity index (χ2v) is 14.2. The van der Waals surface area contributed by atoms with E-state index in [0.717, 1.165) is 38.7 Å². The second kappa shape index (κ2) is 17.8. The van der Waals surface area contributed by atoms with E-state index in [-0.39, 0.29) is 23.8 Å². The average Bonchev–Trinajstić information content (AvgIpc) is 3.10. The Hall–Kier alpha value is -4.28. The first-order valence-corrected chi connectivity index (χ1v) is 18.9. The molecule has 4 rings (SSSR count). The molecular weight excluding hydrogens is 643 g/mol. The molecule has 10 heteroatoms. The molecule has 8 nitrogen and oxygen atoms in total. The molecule has 0 spiro atoms. The first kappa shape index (κ1) is 36.6. The van der Waals surface area contributed by atoms with Crippen molar-refractivity contribution in [2.24, 2.45) is 0 Å². The van der Waals surface area contributed by atoms with Gasteiger partial charge in [-0.25, -0.2) is 8.42 Å². The summed E-state index contributed by atoms with van der Waals surface area (Å²) < 4.78 is 35.4. The van der Waals surface area contributed by atoms with Crippen LogP contribution in [0.5, 0.6) is 5.75 Å². The van der Waals surface area contributed by atoms with E-state index in [1.54, 1.807) is 48.5 Å². The van der Waals surface area contributed by atoms with Crippen molar-refractivity contribution in [3.8, 4) is 5.75 Å². The molecule has 254 valence electrons. The van der Waals surface area contributed by atoms with Crippen molar-refractivity contribution in [3.05, 3.63) is 120 Å². The van der Waals surface area contributed by atoms with E-state index < -0.39 is 28.5 Å². The molecule has 0 aromatic heterocycles. The number of nitrogens with one attached hydrogen (secondary N) is 1. The van der Waals surface area contributed by atoms with Crippen molar-refractivity contribution in [2.75, 3.05) is 30.3 Å². The van der Waals surface area contributed by atoms with E-state index in [0.29, 0.717) is 24.6 Å². The SMILES string of the molecule is CCCCNC(=O)[C@@H](Cc1ccccc1)N(Cc1ccccc1C)C(=O)CN(c1ccc(OCC)cc1)S(=O)(=O)c1ccc(SC)cc1. The van der Waals surface area contributed by atoms with Gasteiger partial charge in [0.05, 0.1) is 17.2 Å². The predicted octanol–water partition coefficient (Wildman–Crippen LogP) is 6.87. The molecule has 0 unspecified atom stereocenters. The summed E-state index contributed by atoms with van der Waals surface area (Å²) in [7, 11) is -4.20. The summed E-state index contributed by atoms with van der Waals surface area (Å²) in [5.74, 6) is -0.192. The van der Waals surface area contributed by atoms with Crippen molar-refractivity contribution in [3.63, 3.8) is 0 Å². The van der Waals surface area contributed by atoms with Crippen LogP contribution in [0.4, 0.5) is 5.69 Å². The van der Waals surface area contributed by atoms with Crippen LogP contribution in [0.15, 0.2) is 113 Å². The Morgan fingerprint density at radius 2 is 1.54 bits per heavy atom. The van der Waals surface area contributed by atoms with E-state index in [1.165, 1.54) is 16.7 Å². The van der Waals surface area contributed by atoms with Crippen molar-refractivity contribution in [2.45, 2.75) is 62.4 Å². The summed E-state index contributed by atoms with van der Waals surface area (Å²) in [5, 5.41) is 3.03. The summed E-state index contributed by atoms with van der Waals surface area (Å²) in [5.41, 5.74) is 3.03. The van der Waals surface area contributed by atoms with Gasteiger partial charge in [0, 0.05) is 24.4 Å². The average molecular weight is 688 g/mol. The zero-order valence-corrected chi connectivity index (χ0v) is 29.7. The molecule has 0 aliphatic rings. The lowest BCUT2D eigenvalue weighted by atomic mass is 10.0. The van der Waals surface area contributed by atoms with Crippen LogP contribution in [0.1, 0.15) is 43.4 Å². The Labute approximate surface area is 289 Å². The van der Waals surface area contributed by atoms with Gasteiger partial charge in [-0.05, 0) is 91.7 Å². The second-order valence-electron chi connectivity index (χ2n) is 11.4. The summed E-state index contributed by atoms with van der Waals surface area (Å²) in [6.45, 7) is 6.43. The summed E-state index contributed by atoms with van der Waals surface area (Å²) in [6, 6.07) is 29.6. The molecule has 1 N–H and O–H groups in total. The Bertz CT molecular complexity index is 1730. The van der Waals surface area contributed by atoms with Gasteiger partial charge in [0.2, 0.25) is 11.8 Å². The molecule has 4 aromatic rings. The fourth-order valence-corrected chi connectivity index (χ4v) is 7.13. The summed E-state index contributed by atoms with van der Waals surface area (Å²) in [4.78, 5) is 31.1. The van der Waals surface area contributed by atoms with Crippen molar-refractivity contribution >= 4 is 39.3 Å². The lowest BCUT2D eigenvalue weighted by Gasteiger charge is -2.34. The molecule has 0 saturated carbocycles. The number of benzene rings is 4. The van der Waals surface area contributed by atoms with E-state index in [4.69, 9.17) is 4.74 Å². The smallest absolute Gasteiger partial charge is 0.264 e. The third-order valence-corrected chi connectivity index (χ3v) is 10.6. The topological polar surface area (TPSA) is 96.0 Å². The minimum atomic E-state index is -4.20. The first-order valence-electron chi connectivity index (χ1n) is 16.2. The highest BCUT2D eigenvalue weighted by Crippen LogP contribution is 2.28. The zero-order valence-electron chi connectivity index (χ0n) is 28.1. The zero-order chi connectivity index (χ0) is 34.5. The van der Waals surface area contributed by atoms with Gasteiger partial charge in [-0.3, -0.25) is 13.9 Å². The van der Waals surface area contributed by atoms with E-state index in [1.807, 2.05) is 81.6 Å². The summed E-state index contributed by atoms with van der Waals surface area (Å²) in [6.07, 6.45) is 3.89. The number of anilines is 1. The highest BCUT2D eigenvalue weighted by Gasteiger charge is 2.34. The molecule has 2 amide bonds. The number of rotatable bonds is 17. The predicted molar refractivity (Wildman–Crippen MR) is 194 cm³/mol. The van der Waals surface area contributed by atoms with Gasteiger partial charge >= 0.3 is 0 Å². The van der Waals surface area contributed by atoms with E-state index >= 15 is 0 Å². The number of hydrogen-bond acceptors (Lipinski definition) is 6. The highest BCUT2D eigenvalue weighted by molar-refractivity contribution is 7.98. The maximum absolute atomic E-state index is 14.7. The number of unbranched alkanes of at least 4 members (excludes halogenated alkanes) is 1. The minimum Gasteiger partial charge on any atom is -0.494 e. The third kappa shape index (κ3) is 9.64. The number of thioether (sulfide) groups is 1. The van der Waals surface area contributed by atoms with Crippen LogP contribution in [0.2, 0.25) is 0 Å². The van der Waals surface area contributed by atoms with Crippen molar-refractivity contribution in [1.82, 2.24) is 10.2 Å². The molecule has 0 heterocycles. The van der Waals surface area contributed by atoms with E-state index in [9.17, 15) is 18.0 Å². The van der Waals surface area contributed by atoms with Crippen LogP contribution in [-0.4, -0.2) is 57.1 Å². The normalized spacial score (nSPS) is 11.8. The lowest BCUT2D eigenvalue weighted by molar-refractivity contribution is -0.140. The molecule has 0 aliphatic carbocycles. The van der Waals surface area contributed by atoms with Gasteiger partial charge in [0.25, 0.3) is 10.0 Å². The Morgan fingerprint density at radius 1 is 0.875 bits per heavy atom. The van der Waals surface area contributed by atoms with Crippen molar-refractivity contribution in [1.29, 1.82) is 0 Å². The molecule has 0 fully saturated rings. The van der Waals surface area contributed by atoms with Crippen LogP contribution >= 0.6 is 11.8 Å². The molecule has 0 aliphatic heterocycles. The number of nitrogens with zero attached hydrogens (tertiary/aromatic N) is 2. The van der Waals surface area contributed by atoms with Gasteiger partial charge in [-0.2, -0.15) is 0 Å². The molecule has 48 heavy (non-hydrogen) atoms. The summed E-state index contributed by atoms with van der Waals surface area (Å²) >= 11 is 1.51. The fourth-order valence-electron chi connectivity index (χ4n) is 5.31. The van der Waals surface area contributed by atoms with Gasteiger partial charge in [0.1, 0.15) is 18.3 Å². The van der Waals surface area contributed by atoms with Gasteiger partial charge < -0.3 is 15.0 Å². The fraction of sp³-hybridized carbons (Fsp3) is 0.316. The molecular formula is C38H45N3O5S2. The number of ether oxygens (including phenoxy) is 1. The number of hydrogen-bond donors (Lipinski definition) is 1. The number of carbonyl (C=O) groups excluding carboxylic acids is 2. The van der Waals surface area contributed by atoms with Crippen LogP contribution in [0, 0.1) is 6.92 Å². The highest BCUT2D eigenvalue weighted by atomic mass is 32.2. The maximum atomic E-state index is 14.7. The largest absolute Gasteiger partial charge is 0.494 e. The quantitative estimate of drug-likeness (QED) is 0.0962. The van der Waals surface area contributed by atoms with Gasteiger partial charge in [0.15, 0.2) is 0 Å². The molecule has 1 atom stereocenters. The first-order chi connectivity index (χ1) is 23.2. The third-order valence-electron chi connectivity index (χ3n) is 8.06. The molecule has 0 radical (unpaired) electrons. The molecule has 4 aromatic carbocycles. The number of amides is 2. The maximum Gasteiger partial charge on any atom is 0.264 e. The Kier molecular flexibility index (Phi) is 13.5. The lowest BCUT2D eigenvalue weighted by Crippen LogP contribution is -2.53. The monoisotopic (exact) mass is 687 g/mol. The minimum absolute atomic E-state index is 0.0607. The standard InChI is InChI=1S/C38H45N3O5S2/c1-5-7-25-39-38(43)36(26-30-14-9-8-10-15-30)40(27-31-16-12-11-13-29(31)3)37(42)28-41(32-17-19-33(20-18-32)46-6-2)48(44,45)35-23-21-34(47-4)22-24-35/h8-24,36H,5-7,25-28H2,1-4H3,(H,39,43)/t36-/m1/s1. The van der Waals surface area contributed by atoms with E-state index in [2.05, 4.69) is 5.32 Å². The Morgan fingerprint density at radius 3 is 2.17 bits per heavy atom. The molecule has 0 saturated heterocycles. The van der Waals surface area contributed by atoms with Gasteiger partial charge in [-0.1, -0.05) is 67.9 Å². The Balaban J connectivity index is 1.80. The van der Waals surface area contributed by atoms with Crippen LogP contribution in [-0.2, 0) is 32.6 Å².